The third-order valence-corrected chi connectivity index (χ3v) is 4.55. The highest BCUT2D eigenvalue weighted by atomic mass is 16.5. The molecule has 1 aromatic carbocycles. The smallest absolute Gasteiger partial charge is 0.342 e. The van der Waals surface area contributed by atoms with Gasteiger partial charge in [0.05, 0.1) is 17.1 Å². The summed E-state index contributed by atoms with van der Waals surface area (Å²) >= 11 is 0. The van der Waals surface area contributed by atoms with Crippen LogP contribution in [0.3, 0.4) is 0 Å². The number of rotatable bonds is 4. The predicted molar refractivity (Wildman–Crippen MR) is 93.7 cm³/mol. The van der Waals surface area contributed by atoms with Crippen molar-refractivity contribution in [1.29, 1.82) is 0 Å². The van der Waals surface area contributed by atoms with E-state index in [0.29, 0.717) is 17.0 Å². The summed E-state index contributed by atoms with van der Waals surface area (Å²) in [5.74, 6) is -0.631. The van der Waals surface area contributed by atoms with Crippen LogP contribution in [0.4, 0.5) is 0 Å². The van der Waals surface area contributed by atoms with Crippen LogP contribution < -0.4 is 0 Å². The van der Waals surface area contributed by atoms with Gasteiger partial charge in [-0.1, -0.05) is 18.2 Å². The number of hydrogen-bond donors (Lipinski definition) is 0. The maximum Gasteiger partial charge on any atom is 0.342 e. The molecule has 1 aromatic heterocycles. The van der Waals surface area contributed by atoms with Gasteiger partial charge in [0.2, 0.25) is 0 Å². The molecule has 0 unspecified atom stereocenters. The van der Waals surface area contributed by atoms with Gasteiger partial charge in [0.15, 0.2) is 6.10 Å². The number of benzene rings is 1. The summed E-state index contributed by atoms with van der Waals surface area (Å²) in [5, 5.41) is 4.45. The van der Waals surface area contributed by atoms with Gasteiger partial charge in [-0.25, -0.2) is 9.48 Å². The fourth-order valence-corrected chi connectivity index (χ4v) is 3.22. The molecule has 1 saturated heterocycles. The molecule has 2 heterocycles. The number of esters is 1. The molecule has 3 rings (SSSR count). The van der Waals surface area contributed by atoms with Crippen molar-refractivity contribution in [3.63, 3.8) is 0 Å². The second-order valence-corrected chi connectivity index (χ2v) is 6.37. The number of nitrogens with zero attached hydrogens (tertiary/aromatic N) is 3. The molecule has 25 heavy (non-hydrogen) atoms. The van der Waals surface area contributed by atoms with Crippen molar-refractivity contribution in [2.45, 2.75) is 39.7 Å². The number of likely N-dealkylation sites (tertiary alicyclic amines) is 1. The number of aromatic nitrogens is 2. The normalized spacial score (nSPS) is 15.2. The number of para-hydroxylation sites is 1. The zero-order chi connectivity index (χ0) is 18.0. The van der Waals surface area contributed by atoms with Gasteiger partial charge in [-0.3, -0.25) is 4.79 Å². The first-order chi connectivity index (χ1) is 12.0. The molecule has 2 aromatic rings. The van der Waals surface area contributed by atoms with Gasteiger partial charge >= 0.3 is 5.97 Å². The van der Waals surface area contributed by atoms with E-state index in [-0.39, 0.29) is 5.91 Å². The van der Waals surface area contributed by atoms with Crippen LogP contribution in [0.15, 0.2) is 30.3 Å². The SMILES string of the molecule is Cc1nn(-c2ccccc2)c(C)c1C(=O)O[C@@H](C)C(=O)N1CCCC1. The molecule has 1 atom stereocenters. The summed E-state index contributed by atoms with van der Waals surface area (Å²) in [4.78, 5) is 26.7. The summed E-state index contributed by atoms with van der Waals surface area (Å²) in [5.41, 5.74) is 2.59. The molecule has 0 N–H and O–H groups in total. The maximum absolute atomic E-state index is 12.6. The summed E-state index contributed by atoms with van der Waals surface area (Å²) in [6.07, 6.45) is 1.23. The Morgan fingerprint density at radius 1 is 1.12 bits per heavy atom. The summed E-state index contributed by atoms with van der Waals surface area (Å²) < 4.78 is 7.16. The van der Waals surface area contributed by atoms with Gasteiger partial charge in [0, 0.05) is 13.1 Å². The van der Waals surface area contributed by atoms with E-state index < -0.39 is 12.1 Å². The Kier molecular flexibility index (Phi) is 4.88. The standard InChI is InChI=1S/C19H23N3O3/c1-13-17(14(2)22(20-13)16-9-5-4-6-10-16)19(24)25-15(3)18(23)21-11-7-8-12-21/h4-6,9-10,15H,7-8,11-12H2,1-3H3/t15-/m0/s1. The van der Waals surface area contributed by atoms with E-state index in [1.165, 1.54) is 0 Å². The molecule has 0 bridgehead atoms. The van der Waals surface area contributed by atoms with Crippen molar-refractivity contribution in [2.75, 3.05) is 13.1 Å². The van der Waals surface area contributed by atoms with Crippen LogP contribution in [0, 0.1) is 13.8 Å². The van der Waals surface area contributed by atoms with Gasteiger partial charge in [-0.15, -0.1) is 0 Å². The first-order valence-corrected chi connectivity index (χ1v) is 8.60. The van der Waals surface area contributed by atoms with Crippen molar-refractivity contribution in [2.24, 2.45) is 0 Å². The average Bonchev–Trinajstić information content (AvgIpc) is 3.23. The predicted octanol–water partition coefficient (Wildman–Crippen LogP) is 2.66. The second kappa shape index (κ2) is 7.09. The fraction of sp³-hybridized carbons (Fsp3) is 0.421. The quantitative estimate of drug-likeness (QED) is 0.802. The van der Waals surface area contributed by atoms with Crippen molar-refractivity contribution in [3.8, 4) is 5.69 Å². The molecule has 1 fully saturated rings. The third kappa shape index (κ3) is 3.43. The van der Waals surface area contributed by atoms with Crippen molar-refractivity contribution in [3.05, 3.63) is 47.3 Å². The van der Waals surface area contributed by atoms with E-state index in [1.54, 1.807) is 23.4 Å². The number of hydrogen-bond acceptors (Lipinski definition) is 4. The minimum absolute atomic E-state index is 0.128. The largest absolute Gasteiger partial charge is 0.449 e. The molecule has 0 radical (unpaired) electrons. The lowest BCUT2D eigenvalue weighted by Crippen LogP contribution is -2.38. The van der Waals surface area contributed by atoms with Crippen LogP contribution in [0.25, 0.3) is 5.69 Å². The molecule has 132 valence electrons. The molecular formula is C19H23N3O3. The van der Waals surface area contributed by atoms with Gasteiger partial charge in [0.1, 0.15) is 5.56 Å². The van der Waals surface area contributed by atoms with Crippen LogP contribution in [-0.4, -0.2) is 45.8 Å². The second-order valence-electron chi connectivity index (χ2n) is 6.37. The Morgan fingerprint density at radius 2 is 1.76 bits per heavy atom. The molecule has 6 nitrogen and oxygen atoms in total. The number of carbonyl (C=O) groups excluding carboxylic acids is 2. The number of amides is 1. The van der Waals surface area contributed by atoms with E-state index in [0.717, 1.165) is 31.6 Å². The minimum atomic E-state index is -0.788. The molecule has 6 heteroatoms. The molecule has 1 amide bonds. The lowest BCUT2D eigenvalue weighted by molar-refractivity contribution is -0.138. The van der Waals surface area contributed by atoms with Crippen molar-refractivity contribution >= 4 is 11.9 Å². The van der Waals surface area contributed by atoms with Gasteiger partial charge < -0.3 is 9.64 Å². The van der Waals surface area contributed by atoms with E-state index in [9.17, 15) is 9.59 Å². The first-order valence-electron chi connectivity index (χ1n) is 8.60. The van der Waals surface area contributed by atoms with Crippen LogP contribution in [0.2, 0.25) is 0 Å². The van der Waals surface area contributed by atoms with Crippen LogP contribution in [0.1, 0.15) is 41.5 Å². The number of carbonyl (C=O) groups is 2. The highest BCUT2D eigenvalue weighted by Crippen LogP contribution is 2.20. The third-order valence-electron chi connectivity index (χ3n) is 4.55. The van der Waals surface area contributed by atoms with Crippen LogP contribution in [0.5, 0.6) is 0 Å². The number of ether oxygens (including phenoxy) is 1. The van der Waals surface area contributed by atoms with E-state index in [1.807, 2.05) is 37.3 Å². The van der Waals surface area contributed by atoms with Crippen LogP contribution >= 0.6 is 0 Å². The van der Waals surface area contributed by atoms with Crippen molar-refractivity contribution < 1.29 is 14.3 Å². The highest BCUT2D eigenvalue weighted by molar-refractivity contribution is 5.94. The lowest BCUT2D eigenvalue weighted by Gasteiger charge is -2.20. The van der Waals surface area contributed by atoms with E-state index in [4.69, 9.17) is 4.74 Å². The lowest BCUT2D eigenvalue weighted by atomic mass is 10.2. The fourth-order valence-electron chi connectivity index (χ4n) is 3.22. The molecule has 1 aliphatic rings. The molecule has 0 aliphatic carbocycles. The summed E-state index contributed by atoms with van der Waals surface area (Å²) in [7, 11) is 0. The Labute approximate surface area is 147 Å². The van der Waals surface area contributed by atoms with Gasteiger partial charge in [0.25, 0.3) is 5.91 Å². The Bertz CT molecular complexity index is 777. The molecule has 0 spiro atoms. The van der Waals surface area contributed by atoms with Gasteiger partial charge in [-0.05, 0) is 45.7 Å². The summed E-state index contributed by atoms with van der Waals surface area (Å²) in [6.45, 7) is 6.72. The van der Waals surface area contributed by atoms with Gasteiger partial charge in [-0.2, -0.15) is 5.10 Å². The molecular weight excluding hydrogens is 318 g/mol. The van der Waals surface area contributed by atoms with E-state index >= 15 is 0 Å². The maximum atomic E-state index is 12.6. The zero-order valence-corrected chi connectivity index (χ0v) is 14.9. The summed E-state index contributed by atoms with van der Waals surface area (Å²) in [6, 6.07) is 9.61. The first kappa shape index (κ1) is 17.2. The Hall–Kier alpha value is -2.63. The topological polar surface area (TPSA) is 64.4 Å². The number of aryl methyl sites for hydroxylation is 1. The van der Waals surface area contributed by atoms with Crippen LogP contribution in [-0.2, 0) is 9.53 Å². The molecule has 0 saturated carbocycles. The van der Waals surface area contributed by atoms with E-state index in [2.05, 4.69) is 5.10 Å². The average molecular weight is 341 g/mol. The Balaban J connectivity index is 1.78. The Morgan fingerprint density at radius 3 is 2.40 bits per heavy atom. The monoisotopic (exact) mass is 341 g/mol. The molecule has 1 aliphatic heterocycles. The van der Waals surface area contributed by atoms with Crippen molar-refractivity contribution in [1.82, 2.24) is 14.7 Å². The highest BCUT2D eigenvalue weighted by Gasteiger charge is 2.28. The minimum Gasteiger partial charge on any atom is -0.449 e. The zero-order valence-electron chi connectivity index (χ0n) is 14.9.